The zero-order valence-electron chi connectivity index (χ0n) is 18.9. The van der Waals surface area contributed by atoms with Gasteiger partial charge in [-0.3, -0.25) is 9.59 Å². The molecule has 0 N–H and O–H groups in total. The lowest BCUT2D eigenvalue weighted by atomic mass is 9.84. The van der Waals surface area contributed by atoms with Gasteiger partial charge in [-0.05, 0) is 42.0 Å². The van der Waals surface area contributed by atoms with Crippen LogP contribution >= 0.6 is 0 Å². The molecule has 2 aliphatic heterocycles. The Labute approximate surface area is 196 Å². The molecule has 0 fully saturated rings. The number of Topliss-reactive ketones (excluding diaryl/α,β-unsaturated/α-hetero) is 1. The number of hydrogen-bond acceptors (Lipinski definition) is 7. The van der Waals surface area contributed by atoms with Gasteiger partial charge in [0.2, 0.25) is 5.78 Å². The molecule has 0 bridgehead atoms. The number of rotatable bonds is 5. The van der Waals surface area contributed by atoms with E-state index >= 15 is 0 Å². The molecule has 5 rings (SSSR count). The third-order valence-corrected chi connectivity index (χ3v) is 6.02. The van der Waals surface area contributed by atoms with Gasteiger partial charge < -0.3 is 23.7 Å². The summed E-state index contributed by atoms with van der Waals surface area (Å²) in [7, 11) is 4.69. The number of hydrogen-bond donors (Lipinski definition) is 0. The van der Waals surface area contributed by atoms with Crippen molar-refractivity contribution in [3.05, 3.63) is 82.6 Å². The molecule has 0 radical (unpaired) electrons. The number of allylic oxidation sites excluding steroid dienone is 1. The maximum atomic E-state index is 13.2. The molecule has 7 nitrogen and oxygen atoms in total. The summed E-state index contributed by atoms with van der Waals surface area (Å²) in [6.45, 7) is 0. The first kappa shape index (κ1) is 21.6. The van der Waals surface area contributed by atoms with Crippen molar-refractivity contribution in [2.24, 2.45) is 0 Å². The van der Waals surface area contributed by atoms with Crippen LogP contribution in [0, 0.1) is 0 Å². The van der Waals surface area contributed by atoms with Crippen molar-refractivity contribution < 1.29 is 33.3 Å². The standard InChI is InChI=1S/C27H22O7/c1-30-17-9-7-15(8-10-17)19-14-23(28)33-20-12-11-18-25(29)22(34-27(18)24(19)20)13-16-5-4-6-21(31-2)26(16)32-3/h4-13,19H,14H2,1-3H3. The third-order valence-electron chi connectivity index (χ3n) is 6.02. The molecule has 3 aromatic rings. The van der Waals surface area contributed by atoms with E-state index in [0.29, 0.717) is 45.4 Å². The average molecular weight is 458 g/mol. The molecule has 1 unspecified atom stereocenters. The molecule has 172 valence electrons. The minimum Gasteiger partial charge on any atom is -0.497 e. The van der Waals surface area contributed by atoms with Gasteiger partial charge in [-0.1, -0.05) is 24.3 Å². The summed E-state index contributed by atoms with van der Waals surface area (Å²) < 4.78 is 27.7. The number of fused-ring (bicyclic) bond motifs is 3. The van der Waals surface area contributed by atoms with Crippen LogP contribution < -0.4 is 23.7 Å². The lowest BCUT2D eigenvalue weighted by Crippen LogP contribution is -2.21. The Morgan fingerprint density at radius 2 is 1.68 bits per heavy atom. The van der Waals surface area contributed by atoms with Gasteiger partial charge >= 0.3 is 5.97 Å². The van der Waals surface area contributed by atoms with Gasteiger partial charge in [-0.25, -0.2) is 0 Å². The van der Waals surface area contributed by atoms with Crippen LogP contribution in [0.5, 0.6) is 28.7 Å². The Morgan fingerprint density at radius 3 is 2.38 bits per heavy atom. The number of para-hydroxylation sites is 1. The van der Waals surface area contributed by atoms with Crippen molar-refractivity contribution in [3.8, 4) is 28.7 Å². The molecular formula is C27H22O7. The summed E-state index contributed by atoms with van der Waals surface area (Å²) in [4.78, 5) is 25.6. The van der Waals surface area contributed by atoms with Crippen LogP contribution in [0.3, 0.4) is 0 Å². The summed E-state index contributed by atoms with van der Waals surface area (Å²) in [5.74, 6) is 1.79. The van der Waals surface area contributed by atoms with Crippen LogP contribution in [0.4, 0.5) is 0 Å². The Kier molecular flexibility index (Phi) is 5.45. The second-order valence-corrected chi connectivity index (χ2v) is 7.88. The predicted molar refractivity (Wildman–Crippen MR) is 124 cm³/mol. The summed E-state index contributed by atoms with van der Waals surface area (Å²) >= 11 is 0. The Balaban J connectivity index is 1.59. The minimum atomic E-state index is -0.338. The highest BCUT2D eigenvalue weighted by Crippen LogP contribution is 2.49. The number of carbonyl (C=O) groups is 2. The van der Waals surface area contributed by atoms with Crippen molar-refractivity contribution in [2.45, 2.75) is 12.3 Å². The van der Waals surface area contributed by atoms with Crippen LogP contribution in [0.2, 0.25) is 0 Å². The molecule has 0 aromatic heterocycles. The number of ether oxygens (including phenoxy) is 5. The van der Waals surface area contributed by atoms with Gasteiger partial charge in [0, 0.05) is 17.0 Å². The Bertz CT molecular complexity index is 1320. The van der Waals surface area contributed by atoms with Gasteiger partial charge in [0.1, 0.15) is 17.2 Å². The first-order chi connectivity index (χ1) is 16.5. The quantitative estimate of drug-likeness (QED) is 0.310. The normalized spacial score (nSPS) is 17.5. The largest absolute Gasteiger partial charge is 0.497 e. The topological polar surface area (TPSA) is 80.3 Å². The van der Waals surface area contributed by atoms with Crippen molar-refractivity contribution >= 4 is 17.8 Å². The number of ketones is 1. The predicted octanol–water partition coefficient (Wildman–Crippen LogP) is 4.77. The van der Waals surface area contributed by atoms with Crippen LogP contribution in [0.1, 0.15) is 39.4 Å². The lowest BCUT2D eigenvalue weighted by molar-refractivity contribution is -0.135. The van der Waals surface area contributed by atoms with Gasteiger partial charge in [-0.15, -0.1) is 0 Å². The van der Waals surface area contributed by atoms with Crippen molar-refractivity contribution in [3.63, 3.8) is 0 Å². The highest BCUT2D eigenvalue weighted by molar-refractivity contribution is 6.15. The minimum absolute atomic E-state index is 0.135. The Morgan fingerprint density at radius 1 is 0.882 bits per heavy atom. The number of benzene rings is 3. The molecular weight excluding hydrogens is 436 g/mol. The fraction of sp³-hybridized carbons (Fsp3) is 0.185. The molecule has 34 heavy (non-hydrogen) atoms. The average Bonchev–Trinajstić information content (AvgIpc) is 3.18. The Hall–Kier alpha value is -4.26. The molecule has 0 amide bonds. The van der Waals surface area contributed by atoms with E-state index in [0.717, 1.165) is 5.56 Å². The van der Waals surface area contributed by atoms with Crippen molar-refractivity contribution in [1.82, 2.24) is 0 Å². The highest BCUT2D eigenvalue weighted by atomic mass is 16.5. The molecule has 2 aliphatic rings. The van der Waals surface area contributed by atoms with Crippen LogP contribution in [-0.2, 0) is 4.79 Å². The molecule has 7 heteroatoms. The van der Waals surface area contributed by atoms with Crippen LogP contribution in [0.25, 0.3) is 6.08 Å². The van der Waals surface area contributed by atoms with E-state index < -0.39 is 0 Å². The van der Waals surface area contributed by atoms with E-state index in [1.165, 1.54) is 7.11 Å². The summed E-state index contributed by atoms with van der Waals surface area (Å²) in [6, 6.07) is 16.2. The fourth-order valence-electron chi connectivity index (χ4n) is 4.39. The number of esters is 1. The summed E-state index contributed by atoms with van der Waals surface area (Å²) in [6.07, 6.45) is 1.77. The van der Waals surface area contributed by atoms with E-state index in [9.17, 15) is 9.59 Å². The molecule has 0 aliphatic carbocycles. The first-order valence-electron chi connectivity index (χ1n) is 10.7. The second-order valence-electron chi connectivity index (χ2n) is 7.88. The molecule has 1 atom stereocenters. The zero-order chi connectivity index (χ0) is 23.8. The highest BCUT2D eigenvalue weighted by Gasteiger charge is 2.38. The molecule has 2 heterocycles. The smallest absolute Gasteiger partial charge is 0.312 e. The molecule has 0 spiro atoms. The number of carbonyl (C=O) groups excluding carboxylic acids is 2. The van der Waals surface area contributed by atoms with Crippen LogP contribution in [-0.4, -0.2) is 33.1 Å². The molecule has 3 aromatic carbocycles. The summed E-state index contributed by atoms with van der Waals surface area (Å²) in [5, 5.41) is 0. The van der Waals surface area contributed by atoms with Gasteiger partial charge in [0.15, 0.2) is 17.3 Å². The van der Waals surface area contributed by atoms with E-state index in [-0.39, 0.29) is 29.9 Å². The third kappa shape index (κ3) is 3.55. The number of methoxy groups -OCH3 is 3. The van der Waals surface area contributed by atoms with E-state index in [2.05, 4.69) is 0 Å². The van der Waals surface area contributed by atoms with Gasteiger partial charge in [-0.2, -0.15) is 0 Å². The monoisotopic (exact) mass is 458 g/mol. The maximum absolute atomic E-state index is 13.2. The fourth-order valence-corrected chi connectivity index (χ4v) is 4.39. The van der Waals surface area contributed by atoms with Gasteiger partial charge in [0.05, 0.1) is 33.3 Å². The second kappa shape index (κ2) is 8.59. The van der Waals surface area contributed by atoms with E-state index in [4.69, 9.17) is 23.7 Å². The zero-order valence-corrected chi connectivity index (χ0v) is 18.9. The SMILES string of the molecule is COc1ccc(C2CC(=O)Oc3ccc4c(c32)OC(=Cc2cccc(OC)c2OC)C4=O)cc1. The van der Waals surface area contributed by atoms with E-state index in [1.54, 1.807) is 44.6 Å². The van der Waals surface area contributed by atoms with Crippen LogP contribution in [0.15, 0.2) is 60.4 Å². The summed E-state index contributed by atoms with van der Waals surface area (Å²) in [5.41, 5.74) is 2.64. The van der Waals surface area contributed by atoms with Gasteiger partial charge in [0.25, 0.3) is 0 Å². The van der Waals surface area contributed by atoms with Crippen molar-refractivity contribution in [2.75, 3.05) is 21.3 Å². The lowest BCUT2D eigenvalue weighted by Gasteiger charge is -2.26. The maximum Gasteiger partial charge on any atom is 0.312 e. The van der Waals surface area contributed by atoms with Crippen molar-refractivity contribution in [1.29, 1.82) is 0 Å². The first-order valence-corrected chi connectivity index (χ1v) is 10.7. The van der Waals surface area contributed by atoms with E-state index in [1.807, 2.05) is 30.3 Å². The molecule has 0 saturated heterocycles. The molecule has 0 saturated carbocycles.